The molecule has 0 heterocycles. The number of benzene rings is 1. The summed E-state index contributed by atoms with van der Waals surface area (Å²) in [4.78, 5) is 20.0. The number of hydrogen-bond donors (Lipinski definition) is 1. The number of carboxylic acids is 1. The smallest absolute Gasteiger partial charge is 0.307 e. The van der Waals surface area contributed by atoms with Gasteiger partial charge in [-0.1, -0.05) is 0 Å². The van der Waals surface area contributed by atoms with Gasteiger partial charge in [0.25, 0.3) is 5.69 Å². The van der Waals surface area contributed by atoms with Gasteiger partial charge in [-0.05, 0) is 13.0 Å². The number of aliphatic carboxylic acids is 1. The van der Waals surface area contributed by atoms with Gasteiger partial charge in [-0.3, -0.25) is 14.9 Å². The Morgan fingerprint density at radius 1 is 1.65 bits per heavy atom. The number of halogens is 1. The minimum atomic E-state index is -1.07. The van der Waals surface area contributed by atoms with Crippen LogP contribution in [0.15, 0.2) is 18.2 Å². The van der Waals surface area contributed by atoms with E-state index in [1.54, 1.807) is 0 Å². The van der Waals surface area contributed by atoms with Crippen LogP contribution in [0.2, 0.25) is 0 Å². The van der Waals surface area contributed by atoms with Crippen molar-refractivity contribution in [3.63, 3.8) is 0 Å². The van der Waals surface area contributed by atoms with Crippen LogP contribution in [0.25, 0.3) is 0 Å². The first-order valence-electron chi connectivity index (χ1n) is 4.72. The summed E-state index contributed by atoms with van der Waals surface area (Å²) >= 11 is 0. The molecule has 0 saturated heterocycles. The highest BCUT2D eigenvalue weighted by molar-refractivity contribution is 5.67. The van der Waals surface area contributed by atoms with Crippen molar-refractivity contribution < 1.29 is 24.0 Å². The number of nitro benzene ring substituents is 1. The molecule has 0 spiro atoms. The molecule has 92 valence electrons. The zero-order valence-corrected chi connectivity index (χ0v) is 8.92. The maximum absolute atomic E-state index is 13.3. The van der Waals surface area contributed by atoms with E-state index < -0.39 is 22.8 Å². The number of carboxylic acid groups (broad SMARTS) is 1. The van der Waals surface area contributed by atoms with Crippen LogP contribution in [0.4, 0.5) is 10.1 Å². The zero-order chi connectivity index (χ0) is 13.0. The van der Waals surface area contributed by atoms with Gasteiger partial charge in [-0.15, -0.1) is 0 Å². The van der Waals surface area contributed by atoms with E-state index in [9.17, 15) is 19.3 Å². The molecule has 6 nitrogen and oxygen atoms in total. The first kappa shape index (κ1) is 12.9. The lowest BCUT2D eigenvalue weighted by Crippen LogP contribution is -2.17. The largest absolute Gasteiger partial charge is 0.487 e. The van der Waals surface area contributed by atoms with Gasteiger partial charge in [0, 0.05) is 6.07 Å². The molecule has 1 N–H and O–H groups in total. The van der Waals surface area contributed by atoms with Crippen LogP contribution in [0.5, 0.6) is 5.75 Å². The van der Waals surface area contributed by atoms with Crippen molar-refractivity contribution in [2.24, 2.45) is 0 Å². The van der Waals surface area contributed by atoms with Gasteiger partial charge < -0.3 is 9.84 Å². The SMILES string of the molecule is C[C@H](CC(=O)O)Oc1ccc([N+](=O)[O-])cc1F. The Morgan fingerprint density at radius 2 is 2.29 bits per heavy atom. The van der Waals surface area contributed by atoms with E-state index in [2.05, 4.69) is 0 Å². The first-order valence-corrected chi connectivity index (χ1v) is 4.72. The monoisotopic (exact) mass is 243 g/mol. The van der Waals surface area contributed by atoms with Gasteiger partial charge in [0.2, 0.25) is 0 Å². The van der Waals surface area contributed by atoms with E-state index in [0.717, 1.165) is 18.2 Å². The lowest BCUT2D eigenvalue weighted by atomic mass is 10.2. The Morgan fingerprint density at radius 3 is 2.76 bits per heavy atom. The van der Waals surface area contributed by atoms with Crippen LogP contribution in [0, 0.1) is 15.9 Å². The Balaban J connectivity index is 2.79. The van der Waals surface area contributed by atoms with E-state index in [-0.39, 0.29) is 17.9 Å². The molecule has 0 radical (unpaired) electrons. The van der Waals surface area contributed by atoms with Crippen molar-refractivity contribution in [3.05, 3.63) is 34.1 Å². The van der Waals surface area contributed by atoms with E-state index in [1.165, 1.54) is 6.92 Å². The van der Waals surface area contributed by atoms with Crippen molar-refractivity contribution in [2.45, 2.75) is 19.4 Å². The third-order valence-electron chi connectivity index (χ3n) is 1.92. The molecule has 0 aliphatic carbocycles. The molecular weight excluding hydrogens is 233 g/mol. The van der Waals surface area contributed by atoms with Crippen molar-refractivity contribution in [1.29, 1.82) is 0 Å². The van der Waals surface area contributed by atoms with Crippen LogP contribution in [-0.4, -0.2) is 22.1 Å². The molecule has 0 aromatic heterocycles. The predicted octanol–water partition coefficient (Wildman–Crippen LogP) is 1.98. The molecule has 0 fully saturated rings. The predicted molar refractivity (Wildman–Crippen MR) is 55.4 cm³/mol. The minimum Gasteiger partial charge on any atom is -0.487 e. The molecule has 0 aliphatic heterocycles. The number of non-ortho nitro benzene ring substituents is 1. The summed E-state index contributed by atoms with van der Waals surface area (Å²) in [6.07, 6.45) is -1.00. The summed E-state index contributed by atoms with van der Waals surface area (Å²) < 4.78 is 18.3. The van der Waals surface area contributed by atoms with Gasteiger partial charge in [0.05, 0.1) is 17.4 Å². The average molecular weight is 243 g/mol. The molecule has 0 amide bonds. The molecule has 7 heteroatoms. The molecule has 1 atom stereocenters. The highest BCUT2D eigenvalue weighted by Crippen LogP contribution is 2.23. The maximum Gasteiger partial charge on any atom is 0.307 e. The van der Waals surface area contributed by atoms with Gasteiger partial charge in [-0.25, -0.2) is 4.39 Å². The van der Waals surface area contributed by atoms with Gasteiger partial charge in [0.1, 0.15) is 6.10 Å². The van der Waals surface area contributed by atoms with Crippen LogP contribution >= 0.6 is 0 Å². The fraction of sp³-hybridized carbons (Fsp3) is 0.300. The third kappa shape index (κ3) is 3.71. The van der Waals surface area contributed by atoms with Crippen LogP contribution in [-0.2, 0) is 4.79 Å². The number of nitro groups is 1. The van der Waals surface area contributed by atoms with Crippen LogP contribution < -0.4 is 4.74 Å². The maximum atomic E-state index is 13.3. The number of carbonyl (C=O) groups is 1. The zero-order valence-electron chi connectivity index (χ0n) is 8.92. The fourth-order valence-corrected chi connectivity index (χ4v) is 1.20. The molecule has 0 aliphatic rings. The lowest BCUT2D eigenvalue weighted by Gasteiger charge is -2.12. The summed E-state index contributed by atoms with van der Waals surface area (Å²) in [5.41, 5.74) is -0.388. The average Bonchev–Trinajstić information content (AvgIpc) is 2.19. The van der Waals surface area contributed by atoms with Crippen molar-refractivity contribution in [1.82, 2.24) is 0 Å². The Hall–Kier alpha value is -2.18. The topological polar surface area (TPSA) is 89.7 Å². The highest BCUT2D eigenvalue weighted by Gasteiger charge is 2.15. The summed E-state index contributed by atoms with van der Waals surface area (Å²) in [5, 5.41) is 18.8. The standard InChI is InChI=1S/C10H10FNO5/c1-6(4-10(13)14)17-9-3-2-7(12(15)16)5-8(9)11/h2-3,5-6H,4H2,1H3,(H,13,14)/t6-/m1/s1. The molecule has 1 aromatic rings. The molecular formula is C10H10FNO5. The number of ether oxygens (including phenoxy) is 1. The molecule has 17 heavy (non-hydrogen) atoms. The summed E-state index contributed by atoms with van der Waals surface area (Å²) in [5.74, 6) is -2.17. The van der Waals surface area contributed by atoms with E-state index in [4.69, 9.17) is 9.84 Å². The van der Waals surface area contributed by atoms with Gasteiger partial charge in [-0.2, -0.15) is 0 Å². The van der Waals surface area contributed by atoms with Crippen molar-refractivity contribution in [2.75, 3.05) is 0 Å². The summed E-state index contributed by atoms with van der Waals surface area (Å²) in [7, 11) is 0. The summed E-state index contributed by atoms with van der Waals surface area (Å²) in [6, 6.07) is 2.92. The molecule has 0 bridgehead atoms. The van der Waals surface area contributed by atoms with Gasteiger partial charge in [0.15, 0.2) is 11.6 Å². The number of rotatable bonds is 5. The van der Waals surface area contributed by atoms with E-state index in [1.807, 2.05) is 0 Å². The normalized spacial score (nSPS) is 11.9. The molecule has 0 saturated carbocycles. The van der Waals surface area contributed by atoms with Crippen molar-refractivity contribution >= 4 is 11.7 Å². The molecule has 1 aromatic carbocycles. The van der Waals surface area contributed by atoms with E-state index in [0.29, 0.717) is 0 Å². The second-order valence-electron chi connectivity index (χ2n) is 3.40. The second-order valence-corrected chi connectivity index (χ2v) is 3.40. The number of nitrogens with zero attached hydrogens (tertiary/aromatic N) is 1. The fourth-order valence-electron chi connectivity index (χ4n) is 1.20. The Labute approximate surface area is 95.8 Å². The Kier molecular flexibility index (Phi) is 3.97. The molecule has 1 rings (SSSR count). The first-order chi connectivity index (χ1) is 7.90. The lowest BCUT2D eigenvalue weighted by molar-refractivity contribution is -0.385. The van der Waals surface area contributed by atoms with Crippen molar-refractivity contribution in [3.8, 4) is 5.75 Å². The van der Waals surface area contributed by atoms with Crippen LogP contribution in [0.3, 0.4) is 0 Å². The molecule has 0 unspecified atom stereocenters. The Bertz CT molecular complexity index is 448. The minimum absolute atomic E-state index is 0.204. The highest BCUT2D eigenvalue weighted by atomic mass is 19.1. The van der Waals surface area contributed by atoms with E-state index >= 15 is 0 Å². The van der Waals surface area contributed by atoms with Gasteiger partial charge >= 0.3 is 5.97 Å². The second kappa shape index (κ2) is 5.24. The quantitative estimate of drug-likeness (QED) is 0.630. The summed E-state index contributed by atoms with van der Waals surface area (Å²) in [6.45, 7) is 1.47. The van der Waals surface area contributed by atoms with Crippen LogP contribution in [0.1, 0.15) is 13.3 Å². The third-order valence-corrected chi connectivity index (χ3v) is 1.92. The number of hydrogen-bond acceptors (Lipinski definition) is 4.